The molecule has 0 fully saturated rings. The molecule has 0 aliphatic carbocycles. The number of hydrogen-bond acceptors (Lipinski definition) is 6. The van der Waals surface area contributed by atoms with Gasteiger partial charge in [-0.3, -0.25) is 4.79 Å². The number of benzene rings is 1. The summed E-state index contributed by atoms with van der Waals surface area (Å²) in [5.74, 6) is -0.626. The van der Waals surface area contributed by atoms with Crippen LogP contribution in [0.3, 0.4) is 0 Å². The summed E-state index contributed by atoms with van der Waals surface area (Å²) in [5.41, 5.74) is 2.42. The van der Waals surface area contributed by atoms with Gasteiger partial charge in [0.1, 0.15) is 4.88 Å². The molecule has 7 nitrogen and oxygen atoms in total. The molecular weight excluding hydrogens is 352 g/mol. The molecule has 0 aliphatic rings. The van der Waals surface area contributed by atoms with Crippen molar-refractivity contribution in [3.05, 3.63) is 58.9 Å². The molecule has 134 valence electrons. The van der Waals surface area contributed by atoms with E-state index in [0.717, 1.165) is 22.6 Å². The third kappa shape index (κ3) is 3.97. The fraction of sp³-hybridized carbons (Fsp3) is 0.222. The summed E-state index contributed by atoms with van der Waals surface area (Å²) in [6, 6.07) is 9.43. The van der Waals surface area contributed by atoms with Crippen LogP contribution in [-0.4, -0.2) is 33.8 Å². The molecule has 26 heavy (non-hydrogen) atoms. The number of methoxy groups -OCH3 is 1. The van der Waals surface area contributed by atoms with E-state index >= 15 is 0 Å². The lowest BCUT2D eigenvalue weighted by molar-refractivity contribution is -0.115. The Labute approximate surface area is 154 Å². The van der Waals surface area contributed by atoms with Gasteiger partial charge in [-0.2, -0.15) is 5.10 Å². The third-order valence-corrected chi connectivity index (χ3v) is 4.71. The smallest absolute Gasteiger partial charge is 0.350 e. The number of anilines is 1. The monoisotopic (exact) mass is 370 g/mol. The fourth-order valence-corrected chi connectivity index (χ4v) is 3.42. The lowest BCUT2D eigenvalue weighted by Crippen LogP contribution is -2.14. The molecule has 3 rings (SSSR count). The van der Waals surface area contributed by atoms with Gasteiger partial charge < -0.3 is 10.1 Å². The predicted octanol–water partition coefficient (Wildman–Crippen LogP) is 2.86. The highest BCUT2D eigenvalue weighted by molar-refractivity contribution is 7.17. The van der Waals surface area contributed by atoms with Crippen LogP contribution in [0.25, 0.3) is 5.69 Å². The summed E-state index contributed by atoms with van der Waals surface area (Å²) in [7, 11) is 1.33. The number of ether oxygens (including phenoxy) is 1. The second-order valence-corrected chi connectivity index (χ2v) is 6.48. The van der Waals surface area contributed by atoms with Crippen LogP contribution in [0.1, 0.15) is 27.9 Å². The van der Waals surface area contributed by atoms with E-state index in [9.17, 15) is 9.59 Å². The highest BCUT2D eigenvalue weighted by Crippen LogP contribution is 2.24. The first-order valence-corrected chi connectivity index (χ1v) is 8.89. The first-order chi connectivity index (χ1) is 12.6. The van der Waals surface area contributed by atoms with E-state index in [1.807, 2.05) is 43.5 Å². The minimum absolute atomic E-state index is 0.190. The molecule has 0 unspecified atom stereocenters. The molecule has 0 saturated heterocycles. The number of esters is 1. The summed E-state index contributed by atoms with van der Waals surface area (Å²) in [4.78, 5) is 28.7. The molecule has 8 heteroatoms. The van der Waals surface area contributed by atoms with E-state index in [2.05, 4.69) is 15.4 Å². The molecule has 0 atom stereocenters. The van der Waals surface area contributed by atoms with E-state index in [-0.39, 0.29) is 12.3 Å². The summed E-state index contributed by atoms with van der Waals surface area (Å²) in [6.07, 6.45) is 4.37. The highest BCUT2D eigenvalue weighted by Gasteiger charge is 2.18. The van der Waals surface area contributed by atoms with Gasteiger partial charge in [0, 0.05) is 12.4 Å². The molecule has 0 aliphatic heterocycles. The number of carbonyl (C=O) groups excluding carboxylic acids is 2. The maximum Gasteiger partial charge on any atom is 0.350 e. The van der Waals surface area contributed by atoms with Crippen LogP contribution in [-0.2, 0) is 22.4 Å². The van der Waals surface area contributed by atoms with Gasteiger partial charge in [-0.05, 0) is 30.2 Å². The number of thiazole rings is 1. The maximum absolute atomic E-state index is 12.3. The van der Waals surface area contributed by atoms with Gasteiger partial charge in [0.05, 0.1) is 24.9 Å². The molecule has 0 saturated carbocycles. The third-order valence-electron chi connectivity index (χ3n) is 3.72. The first kappa shape index (κ1) is 17.8. The van der Waals surface area contributed by atoms with Crippen LogP contribution in [0.15, 0.2) is 42.7 Å². The van der Waals surface area contributed by atoms with Crippen molar-refractivity contribution in [2.24, 2.45) is 0 Å². The second-order valence-electron chi connectivity index (χ2n) is 5.48. The van der Waals surface area contributed by atoms with Crippen LogP contribution in [0.4, 0.5) is 5.13 Å². The molecule has 0 bridgehead atoms. The van der Waals surface area contributed by atoms with Crippen LogP contribution in [0.2, 0.25) is 0 Å². The normalized spacial score (nSPS) is 10.5. The van der Waals surface area contributed by atoms with Gasteiger partial charge >= 0.3 is 5.97 Å². The molecule has 2 heterocycles. The Kier molecular flexibility index (Phi) is 5.43. The number of amides is 1. The van der Waals surface area contributed by atoms with Gasteiger partial charge in [0.2, 0.25) is 5.91 Å². The van der Waals surface area contributed by atoms with Crippen molar-refractivity contribution in [2.75, 3.05) is 12.4 Å². The van der Waals surface area contributed by atoms with Crippen molar-refractivity contribution in [3.63, 3.8) is 0 Å². The zero-order valence-electron chi connectivity index (χ0n) is 14.4. The Morgan fingerprint density at radius 1 is 1.27 bits per heavy atom. The van der Waals surface area contributed by atoms with Gasteiger partial charge in [-0.15, -0.1) is 0 Å². The molecule has 0 spiro atoms. The number of carbonyl (C=O) groups is 2. The largest absolute Gasteiger partial charge is 0.465 e. The van der Waals surface area contributed by atoms with Crippen molar-refractivity contribution in [1.82, 2.24) is 14.8 Å². The lowest BCUT2D eigenvalue weighted by Gasteiger charge is -2.04. The number of nitrogens with one attached hydrogen (secondary N) is 1. The Morgan fingerprint density at radius 3 is 2.65 bits per heavy atom. The predicted molar refractivity (Wildman–Crippen MR) is 98.7 cm³/mol. The summed E-state index contributed by atoms with van der Waals surface area (Å²) in [5, 5.41) is 7.32. The Hall–Kier alpha value is -3.00. The van der Waals surface area contributed by atoms with Crippen LogP contribution in [0, 0.1) is 0 Å². The SMILES string of the molecule is CCc1nc(NC(=O)Cc2ccc(-n3cccn3)cc2)sc1C(=O)OC. The van der Waals surface area contributed by atoms with Crippen molar-refractivity contribution >= 4 is 28.3 Å². The number of aryl methyl sites for hydroxylation is 1. The van der Waals surface area contributed by atoms with Crippen LogP contribution < -0.4 is 5.32 Å². The second kappa shape index (κ2) is 7.92. The summed E-state index contributed by atoms with van der Waals surface area (Å²) in [6.45, 7) is 1.90. The van der Waals surface area contributed by atoms with Crippen LogP contribution in [0.5, 0.6) is 0 Å². The van der Waals surface area contributed by atoms with Gasteiger partial charge in [0.25, 0.3) is 0 Å². The van der Waals surface area contributed by atoms with E-state index in [0.29, 0.717) is 22.1 Å². The quantitative estimate of drug-likeness (QED) is 0.674. The maximum atomic E-state index is 12.3. The Morgan fingerprint density at radius 2 is 2.04 bits per heavy atom. The molecule has 1 amide bonds. The van der Waals surface area contributed by atoms with Gasteiger partial charge in [0.15, 0.2) is 5.13 Å². The summed E-state index contributed by atoms with van der Waals surface area (Å²) >= 11 is 1.13. The van der Waals surface area contributed by atoms with Gasteiger partial charge in [-0.1, -0.05) is 30.4 Å². The molecule has 3 aromatic rings. The molecule has 0 radical (unpaired) electrons. The highest BCUT2D eigenvalue weighted by atomic mass is 32.1. The number of rotatable bonds is 6. The Bertz CT molecular complexity index is 901. The first-order valence-electron chi connectivity index (χ1n) is 8.07. The standard InChI is InChI=1S/C18H18N4O3S/c1-3-14-16(17(24)25-2)26-18(20-14)21-15(23)11-12-5-7-13(8-6-12)22-10-4-9-19-22/h4-10H,3,11H2,1-2H3,(H,20,21,23). The van der Waals surface area contributed by atoms with Crippen molar-refractivity contribution in [3.8, 4) is 5.69 Å². The molecule has 1 aromatic carbocycles. The van der Waals surface area contributed by atoms with Crippen LogP contribution >= 0.6 is 11.3 Å². The summed E-state index contributed by atoms with van der Waals surface area (Å²) < 4.78 is 6.50. The number of nitrogens with zero attached hydrogens (tertiary/aromatic N) is 3. The molecule has 1 N–H and O–H groups in total. The van der Waals surface area contributed by atoms with Crippen molar-refractivity contribution in [1.29, 1.82) is 0 Å². The number of hydrogen-bond donors (Lipinski definition) is 1. The van der Waals surface area contributed by atoms with Crippen molar-refractivity contribution < 1.29 is 14.3 Å². The average molecular weight is 370 g/mol. The average Bonchev–Trinajstić information content (AvgIpc) is 3.31. The zero-order chi connectivity index (χ0) is 18.5. The minimum Gasteiger partial charge on any atom is -0.465 e. The van der Waals surface area contributed by atoms with E-state index in [4.69, 9.17) is 4.74 Å². The van der Waals surface area contributed by atoms with E-state index < -0.39 is 5.97 Å². The van der Waals surface area contributed by atoms with E-state index in [1.54, 1.807) is 10.9 Å². The van der Waals surface area contributed by atoms with Gasteiger partial charge in [-0.25, -0.2) is 14.5 Å². The lowest BCUT2D eigenvalue weighted by atomic mass is 10.1. The van der Waals surface area contributed by atoms with Crippen molar-refractivity contribution in [2.45, 2.75) is 19.8 Å². The topological polar surface area (TPSA) is 86.1 Å². The van der Waals surface area contributed by atoms with E-state index in [1.165, 1.54) is 7.11 Å². The fourth-order valence-electron chi connectivity index (χ4n) is 2.43. The Balaban J connectivity index is 1.65. The number of aromatic nitrogens is 3. The molecule has 2 aromatic heterocycles. The molecular formula is C18H18N4O3S. The minimum atomic E-state index is -0.436. The zero-order valence-corrected chi connectivity index (χ0v) is 15.2.